The molecule has 2 aromatic rings. The van der Waals surface area contributed by atoms with Crippen molar-refractivity contribution in [3.8, 4) is 5.75 Å². The maximum atomic E-state index is 12.3. The number of ether oxygens (including phenoxy) is 2. The van der Waals surface area contributed by atoms with E-state index in [9.17, 15) is 18.0 Å². The third-order valence-corrected chi connectivity index (χ3v) is 5.87. The van der Waals surface area contributed by atoms with Crippen molar-refractivity contribution in [2.75, 3.05) is 32.6 Å². The van der Waals surface area contributed by atoms with Gasteiger partial charge in [0.25, 0.3) is 5.91 Å². The van der Waals surface area contributed by atoms with Gasteiger partial charge in [-0.2, -0.15) is 0 Å². The summed E-state index contributed by atoms with van der Waals surface area (Å²) in [5, 5.41) is 2.60. The van der Waals surface area contributed by atoms with E-state index in [4.69, 9.17) is 21.1 Å². The quantitative estimate of drug-likeness (QED) is 0.633. The minimum Gasteiger partial charge on any atom is -0.492 e. The fourth-order valence-corrected chi connectivity index (χ4v) is 3.40. The number of halogens is 1. The summed E-state index contributed by atoms with van der Waals surface area (Å²) in [6.07, 6.45) is 0. The third-order valence-electron chi connectivity index (χ3n) is 3.73. The molecular formula is C19H21ClN2O6S. The number of para-hydroxylation sites is 2. The van der Waals surface area contributed by atoms with Gasteiger partial charge in [-0.3, -0.25) is 4.79 Å². The minimum absolute atomic E-state index is 0.00908. The number of amides is 1. The van der Waals surface area contributed by atoms with Crippen molar-refractivity contribution >= 4 is 39.2 Å². The molecule has 0 fully saturated rings. The van der Waals surface area contributed by atoms with Gasteiger partial charge >= 0.3 is 5.97 Å². The van der Waals surface area contributed by atoms with Crippen LogP contribution in [0, 0.1) is 0 Å². The first-order valence-corrected chi connectivity index (χ1v) is 10.4. The van der Waals surface area contributed by atoms with E-state index in [1.807, 2.05) is 6.92 Å². The molecule has 1 amide bonds. The predicted molar refractivity (Wildman–Crippen MR) is 109 cm³/mol. The highest BCUT2D eigenvalue weighted by Gasteiger charge is 2.22. The molecule has 1 N–H and O–H groups in total. The number of nitrogens with one attached hydrogen (secondary N) is 1. The van der Waals surface area contributed by atoms with Gasteiger partial charge in [0.1, 0.15) is 5.75 Å². The maximum Gasteiger partial charge on any atom is 0.340 e. The Morgan fingerprint density at radius 3 is 2.48 bits per heavy atom. The van der Waals surface area contributed by atoms with E-state index in [0.29, 0.717) is 18.0 Å². The molecule has 0 saturated heterocycles. The summed E-state index contributed by atoms with van der Waals surface area (Å²) in [4.78, 5) is 24.3. The summed E-state index contributed by atoms with van der Waals surface area (Å²) >= 11 is 6.00. The van der Waals surface area contributed by atoms with Crippen molar-refractivity contribution in [3.05, 3.63) is 53.1 Å². The molecule has 29 heavy (non-hydrogen) atoms. The van der Waals surface area contributed by atoms with Gasteiger partial charge in [-0.05, 0) is 37.3 Å². The van der Waals surface area contributed by atoms with Crippen LogP contribution in [0.15, 0.2) is 47.4 Å². The van der Waals surface area contributed by atoms with Crippen LogP contribution in [-0.2, 0) is 19.6 Å². The molecule has 0 aliphatic heterocycles. The van der Waals surface area contributed by atoms with Crippen molar-refractivity contribution in [2.45, 2.75) is 11.8 Å². The van der Waals surface area contributed by atoms with Crippen LogP contribution in [0.2, 0.25) is 5.02 Å². The van der Waals surface area contributed by atoms with E-state index >= 15 is 0 Å². The average Bonchev–Trinajstić information content (AvgIpc) is 2.68. The number of benzene rings is 2. The number of hydrogen-bond donors (Lipinski definition) is 1. The second-order valence-corrected chi connectivity index (χ2v) is 8.54. The van der Waals surface area contributed by atoms with Crippen molar-refractivity contribution < 1.29 is 27.5 Å². The van der Waals surface area contributed by atoms with Gasteiger partial charge in [-0.15, -0.1) is 0 Å². The molecule has 0 unspecified atom stereocenters. The van der Waals surface area contributed by atoms with E-state index in [0.717, 1.165) is 10.4 Å². The first-order chi connectivity index (χ1) is 13.7. The molecule has 0 aliphatic carbocycles. The highest BCUT2D eigenvalue weighted by atomic mass is 35.5. The maximum absolute atomic E-state index is 12.3. The lowest BCUT2D eigenvalue weighted by atomic mass is 10.2. The van der Waals surface area contributed by atoms with Crippen LogP contribution in [0.4, 0.5) is 5.69 Å². The molecule has 156 valence electrons. The monoisotopic (exact) mass is 440 g/mol. The Kier molecular flexibility index (Phi) is 7.60. The number of carbonyl (C=O) groups is 2. The Labute approximate surface area is 174 Å². The summed E-state index contributed by atoms with van der Waals surface area (Å²) in [5.74, 6) is -1.02. The molecule has 0 radical (unpaired) electrons. The summed E-state index contributed by atoms with van der Waals surface area (Å²) in [6, 6.07) is 10.5. The molecule has 2 rings (SSSR count). The van der Waals surface area contributed by atoms with Gasteiger partial charge in [0.05, 0.1) is 27.8 Å². The lowest BCUT2D eigenvalue weighted by Gasteiger charge is -2.13. The molecule has 0 atom stereocenters. The fourth-order valence-electron chi connectivity index (χ4n) is 2.28. The lowest BCUT2D eigenvalue weighted by molar-refractivity contribution is -0.119. The average molecular weight is 441 g/mol. The number of sulfonamides is 1. The zero-order valence-electron chi connectivity index (χ0n) is 16.1. The van der Waals surface area contributed by atoms with Gasteiger partial charge in [-0.25, -0.2) is 17.5 Å². The zero-order chi connectivity index (χ0) is 21.6. The number of esters is 1. The molecule has 8 nitrogen and oxygen atoms in total. The summed E-state index contributed by atoms with van der Waals surface area (Å²) in [7, 11) is -1.02. The molecule has 0 aromatic heterocycles. The van der Waals surface area contributed by atoms with Crippen LogP contribution in [-0.4, -0.2) is 51.9 Å². The summed E-state index contributed by atoms with van der Waals surface area (Å²) < 4.78 is 35.9. The van der Waals surface area contributed by atoms with Crippen LogP contribution in [0.1, 0.15) is 17.3 Å². The van der Waals surface area contributed by atoms with E-state index in [1.165, 1.54) is 26.2 Å². The van der Waals surface area contributed by atoms with Crippen molar-refractivity contribution in [1.29, 1.82) is 0 Å². The Balaban J connectivity index is 2.09. The number of anilines is 1. The normalized spacial score (nSPS) is 11.2. The second kappa shape index (κ2) is 9.73. The smallest absolute Gasteiger partial charge is 0.340 e. The Hall–Kier alpha value is -2.62. The van der Waals surface area contributed by atoms with Crippen molar-refractivity contribution in [1.82, 2.24) is 4.31 Å². The third kappa shape index (κ3) is 5.69. The summed E-state index contributed by atoms with van der Waals surface area (Å²) in [5.41, 5.74) is 0.282. The zero-order valence-corrected chi connectivity index (χ0v) is 17.7. The molecular weight excluding hydrogens is 420 g/mol. The van der Waals surface area contributed by atoms with Gasteiger partial charge in [0.15, 0.2) is 6.61 Å². The van der Waals surface area contributed by atoms with Gasteiger partial charge in [0.2, 0.25) is 10.0 Å². The molecule has 10 heteroatoms. The van der Waals surface area contributed by atoms with Gasteiger partial charge < -0.3 is 14.8 Å². The number of carbonyl (C=O) groups excluding carboxylic acids is 2. The van der Waals surface area contributed by atoms with E-state index in [-0.39, 0.29) is 15.5 Å². The van der Waals surface area contributed by atoms with E-state index in [2.05, 4.69) is 5.32 Å². The largest absolute Gasteiger partial charge is 0.492 e. The Bertz CT molecular complexity index is 1010. The van der Waals surface area contributed by atoms with Crippen LogP contribution in [0.3, 0.4) is 0 Å². The lowest BCUT2D eigenvalue weighted by Crippen LogP contribution is -2.23. The molecule has 2 aromatic carbocycles. The Morgan fingerprint density at radius 1 is 1.14 bits per heavy atom. The number of rotatable bonds is 8. The predicted octanol–water partition coefficient (Wildman–Crippen LogP) is 2.78. The van der Waals surface area contributed by atoms with E-state index in [1.54, 1.807) is 24.3 Å². The first kappa shape index (κ1) is 22.7. The molecule has 0 heterocycles. The second-order valence-electron chi connectivity index (χ2n) is 5.98. The molecule has 0 aliphatic rings. The number of hydrogen-bond acceptors (Lipinski definition) is 6. The Morgan fingerprint density at radius 2 is 1.83 bits per heavy atom. The molecule has 0 spiro atoms. The van der Waals surface area contributed by atoms with Gasteiger partial charge in [-0.1, -0.05) is 23.7 Å². The highest BCUT2D eigenvalue weighted by molar-refractivity contribution is 7.89. The van der Waals surface area contributed by atoms with Crippen molar-refractivity contribution in [2.24, 2.45) is 0 Å². The highest BCUT2D eigenvalue weighted by Crippen LogP contribution is 2.24. The van der Waals surface area contributed by atoms with Gasteiger partial charge in [0, 0.05) is 14.1 Å². The van der Waals surface area contributed by atoms with Crippen LogP contribution in [0.5, 0.6) is 5.75 Å². The van der Waals surface area contributed by atoms with E-state index < -0.39 is 28.5 Å². The SMILES string of the molecule is CCOc1ccccc1NC(=O)COC(=O)c1cc(S(=O)(=O)N(C)C)ccc1Cl. The standard InChI is InChI=1S/C19H21ClN2O6S/c1-4-27-17-8-6-5-7-16(17)21-18(23)12-28-19(24)14-11-13(9-10-15(14)20)29(25,26)22(2)3/h5-11H,4,12H2,1-3H3,(H,21,23). The van der Waals surface area contributed by atoms with Crippen LogP contribution < -0.4 is 10.1 Å². The van der Waals surface area contributed by atoms with Crippen LogP contribution >= 0.6 is 11.6 Å². The topological polar surface area (TPSA) is 102 Å². The molecule has 0 bridgehead atoms. The fraction of sp³-hybridized carbons (Fsp3) is 0.263. The summed E-state index contributed by atoms with van der Waals surface area (Å²) in [6.45, 7) is 1.65. The first-order valence-electron chi connectivity index (χ1n) is 8.57. The van der Waals surface area contributed by atoms with Crippen LogP contribution in [0.25, 0.3) is 0 Å². The molecule has 0 saturated carbocycles. The minimum atomic E-state index is -3.76. The number of nitrogens with zero attached hydrogens (tertiary/aromatic N) is 1. The van der Waals surface area contributed by atoms with Crippen molar-refractivity contribution in [3.63, 3.8) is 0 Å².